The van der Waals surface area contributed by atoms with E-state index < -0.39 is 0 Å². The standard InChI is InChI=1S/C13H13N5OS2/c1-19-11-4-2-9(3-5-11)16-13-17-10(7-21-13)6-20-12-14-8-15-18-12/h2-5,7-8H,6H2,1H3,(H,16,17)(H,14,15,18). The van der Waals surface area contributed by atoms with Crippen molar-refractivity contribution in [1.82, 2.24) is 20.2 Å². The number of methoxy groups -OCH3 is 1. The van der Waals surface area contributed by atoms with Crippen LogP contribution in [0.2, 0.25) is 0 Å². The minimum absolute atomic E-state index is 0.760. The van der Waals surface area contributed by atoms with Gasteiger partial charge in [-0.05, 0) is 24.3 Å². The Morgan fingerprint density at radius 1 is 1.33 bits per heavy atom. The minimum atomic E-state index is 0.760. The van der Waals surface area contributed by atoms with Gasteiger partial charge in [0.15, 0.2) is 10.3 Å². The summed E-state index contributed by atoms with van der Waals surface area (Å²) in [7, 11) is 1.65. The van der Waals surface area contributed by atoms with E-state index in [1.165, 1.54) is 6.33 Å². The molecule has 0 aliphatic rings. The van der Waals surface area contributed by atoms with Gasteiger partial charge >= 0.3 is 0 Å². The van der Waals surface area contributed by atoms with Crippen LogP contribution >= 0.6 is 23.1 Å². The highest BCUT2D eigenvalue weighted by Crippen LogP contribution is 2.25. The topological polar surface area (TPSA) is 75.7 Å². The zero-order chi connectivity index (χ0) is 14.5. The molecule has 2 aromatic heterocycles. The van der Waals surface area contributed by atoms with Gasteiger partial charge in [0.05, 0.1) is 12.8 Å². The largest absolute Gasteiger partial charge is 0.497 e. The number of H-pyrrole nitrogens is 1. The second-order valence-electron chi connectivity index (χ2n) is 4.08. The fourth-order valence-corrected chi connectivity index (χ4v) is 3.14. The number of hydrogen-bond acceptors (Lipinski definition) is 7. The number of benzene rings is 1. The molecule has 0 fully saturated rings. The Kier molecular flexibility index (Phi) is 4.37. The molecule has 6 nitrogen and oxygen atoms in total. The van der Waals surface area contributed by atoms with E-state index in [1.54, 1.807) is 30.2 Å². The number of aromatic nitrogens is 4. The molecular weight excluding hydrogens is 306 g/mol. The highest BCUT2D eigenvalue weighted by atomic mass is 32.2. The second-order valence-corrected chi connectivity index (χ2v) is 5.90. The summed E-state index contributed by atoms with van der Waals surface area (Å²) in [5.74, 6) is 1.60. The van der Waals surface area contributed by atoms with Crippen molar-refractivity contribution in [2.45, 2.75) is 10.9 Å². The van der Waals surface area contributed by atoms with Crippen LogP contribution < -0.4 is 10.1 Å². The van der Waals surface area contributed by atoms with Crippen LogP contribution in [-0.4, -0.2) is 27.3 Å². The van der Waals surface area contributed by atoms with Crippen LogP contribution in [0.3, 0.4) is 0 Å². The van der Waals surface area contributed by atoms with E-state index in [4.69, 9.17) is 4.74 Å². The summed E-state index contributed by atoms with van der Waals surface area (Å²) in [5.41, 5.74) is 2.00. The number of thiazole rings is 1. The van der Waals surface area contributed by atoms with Gasteiger partial charge in [0.2, 0.25) is 0 Å². The zero-order valence-electron chi connectivity index (χ0n) is 11.2. The molecule has 3 aromatic rings. The Hall–Kier alpha value is -2.06. The first kappa shape index (κ1) is 13.9. The average Bonchev–Trinajstić information content (AvgIpc) is 3.17. The third-order valence-corrected chi connectivity index (χ3v) is 4.36. The van der Waals surface area contributed by atoms with Crippen molar-refractivity contribution in [1.29, 1.82) is 0 Å². The number of nitrogens with one attached hydrogen (secondary N) is 2. The predicted molar refractivity (Wildman–Crippen MR) is 84.3 cm³/mol. The number of nitrogens with zero attached hydrogens (tertiary/aromatic N) is 3. The fourth-order valence-electron chi connectivity index (χ4n) is 1.63. The van der Waals surface area contributed by atoms with Crippen molar-refractivity contribution in [3.63, 3.8) is 0 Å². The molecular formula is C13H13N5OS2. The van der Waals surface area contributed by atoms with Crippen LogP contribution in [0.25, 0.3) is 0 Å². The molecule has 3 rings (SSSR count). The van der Waals surface area contributed by atoms with E-state index in [2.05, 4.69) is 25.5 Å². The van der Waals surface area contributed by atoms with Crippen molar-refractivity contribution < 1.29 is 4.74 Å². The summed E-state index contributed by atoms with van der Waals surface area (Å²) in [6.07, 6.45) is 1.50. The third-order valence-electron chi connectivity index (χ3n) is 2.64. The lowest BCUT2D eigenvalue weighted by Gasteiger charge is -2.03. The van der Waals surface area contributed by atoms with Gasteiger partial charge in [-0.25, -0.2) is 9.97 Å². The number of aromatic amines is 1. The molecule has 0 atom stereocenters. The minimum Gasteiger partial charge on any atom is -0.497 e. The average molecular weight is 319 g/mol. The first-order chi connectivity index (χ1) is 10.3. The highest BCUT2D eigenvalue weighted by Gasteiger charge is 2.05. The smallest absolute Gasteiger partial charge is 0.187 e. The van der Waals surface area contributed by atoms with E-state index >= 15 is 0 Å². The normalized spacial score (nSPS) is 10.5. The molecule has 0 unspecified atom stereocenters. The summed E-state index contributed by atoms with van der Waals surface area (Å²) in [6.45, 7) is 0. The van der Waals surface area contributed by atoms with Crippen molar-refractivity contribution in [2.24, 2.45) is 0 Å². The lowest BCUT2D eigenvalue weighted by atomic mass is 10.3. The van der Waals surface area contributed by atoms with Gasteiger partial charge < -0.3 is 10.1 Å². The Bertz CT molecular complexity index is 681. The fraction of sp³-hybridized carbons (Fsp3) is 0.154. The van der Waals surface area contributed by atoms with Crippen LogP contribution in [-0.2, 0) is 5.75 Å². The van der Waals surface area contributed by atoms with Gasteiger partial charge in [-0.2, -0.15) is 5.10 Å². The van der Waals surface area contributed by atoms with Crippen molar-refractivity contribution in [2.75, 3.05) is 12.4 Å². The summed E-state index contributed by atoms with van der Waals surface area (Å²) in [6, 6.07) is 7.75. The number of anilines is 2. The van der Waals surface area contributed by atoms with Crippen LogP contribution in [0.15, 0.2) is 41.1 Å². The molecule has 108 valence electrons. The van der Waals surface area contributed by atoms with Crippen LogP contribution in [0, 0.1) is 0 Å². The van der Waals surface area contributed by atoms with E-state index in [1.807, 2.05) is 29.6 Å². The molecule has 0 radical (unpaired) electrons. The maximum Gasteiger partial charge on any atom is 0.187 e. The van der Waals surface area contributed by atoms with Crippen molar-refractivity contribution >= 4 is 33.9 Å². The lowest BCUT2D eigenvalue weighted by molar-refractivity contribution is 0.415. The van der Waals surface area contributed by atoms with E-state index in [9.17, 15) is 0 Å². The first-order valence-corrected chi connectivity index (χ1v) is 8.03. The molecule has 8 heteroatoms. The summed E-state index contributed by atoms with van der Waals surface area (Å²) >= 11 is 3.15. The first-order valence-electron chi connectivity index (χ1n) is 6.17. The monoisotopic (exact) mass is 319 g/mol. The van der Waals surface area contributed by atoms with Crippen molar-refractivity contribution in [3.05, 3.63) is 41.7 Å². The molecule has 2 N–H and O–H groups in total. The lowest BCUT2D eigenvalue weighted by Crippen LogP contribution is -1.91. The van der Waals surface area contributed by atoms with Gasteiger partial charge in [-0.15, -0.1) is 11.3 Å². The van der Waals surface area contributed by atoms with E-state index in [-0.39, 0.29) is 0 Å². The Labute approximate surface area is 130 Å². The van der Waals surface area contributed by atoms with Gasteiger partial charge in [-0.3, -0.25) is 5.10 Å². The summed E-state index contributed by atoms with van der Waals surface area (Å²) < 4.78 is 5.13. The molecule has 1 aromatic carbocycles. The van der Waals surface area contributed by atoms with Crippen LogP contribution in [0.1, 0.15) is 5.69 Å². The van der Waals surface area contributed by atoms with Gasteiger partial charge in [-0.1, -0.05) is 11.8 Å². The predicted octanol–water partition coefficient (Wildman–Crippen LogP) is 3.31. The van der Waals surface area contributed by atoms with Gasteiger partial charge in [0.25, 0.3) is 0 Å². The second kappa shape index (κ2) is 6.59. The molecule has 0 spiro atoms. The number of hydrogen-bond donors (Lipinski definition) is 2. The molecule has 21 heavy (non-hydrogen) atoms. The SMILES string of the molecule is COc1ccc(Nc2nc(CSc3ncn[nH]3)cs2)cc1. The Morgan fingerprint density at radius 3 is 2.90 bits per heavy atom. The van der Waals surface area contributed by atoms with Crippen LogP contribution in [0.4, 0.5) is 10.8 Å². The van der Waals surface area contributed by atoms with E-state index in [0.29, 0.717) is 0 Å². The molecule has 0 saturated heterocycles. The number of thioether (sulfide) groups is 1. The molecule has 0 aliphatic carbocycles. The summed E-state index contributed by atoms with van der Waals surface area (Å²) in [5, 5.41) is 13.6. The van der Waals surface area contributed by atoms with E-state index in [0.717, 1.165) is 33.2 Å². The van der Waals surface area contributed by atoms with Crippen molar-refractivity contribution in [3.8, 4) is 5.75 Å². The Balaban J connectivity index is 1.59. The quantitative estimate of drug-likeness (QED) is 0.679. The molecule has 0 saturated carbocycles. The molecule has 0 amide bonds. The molecule has 2 heterocycles. The summed E-state index contributed by atoms with van der Waals surface area (Å²) in [4.78, 5) is 8.61. The van der Waals surface area contributed by atoms with Gasteiger partial charge in [0.1, 0.15) is 12.1 Å². The third kappa shape index (κ3) is 3.73. The zero-order valence-corrected chi connectivity index (χ0v) is 12.9. The molecule has 0 aliphatic heterocycles. The number of ether oxygens (including phenoxy) is 1. The highest BCUT2D eigenvalue weighted by molar-refractivity contribution is 7.98. The Morgan fingerprint density at radius 2 is 2.19 bits per heavy atom. The van der Waals surface area contributed by atoms with Gasteiger partial charge in [0, 0.05) is 16.8 Å². The molecule has 0 bridgehead atoms. The van der Waals surface area contributed by atoms with Crippen LogP contribution in [0.5, 0.6) is 5.75 Å². The maximum atomic E-state index is 5.13. The number of rotatable bonds is 6. The maximum absolute atomic E-state index is 5.13.